The van der Waals surface area contributed by atoms with Crippen molar-refractivity contribution in [2.45, 2.75) is 270 Å². The molecule has 0 heterocycles. The summed E-state index contributed by atoms with van der Waals surface area (Å²) >= 11 is 0. The zero-order valence-electron chi connectivity index (χ0n) is 50.0. The normalized spacial score (nSPS) is 14.4. The van der Waals surface area contributed by atoms with Crippen LogP contribution in [0.2, 0.25) is 0 Å². The van der Waals surface area contributed by atoms with Gasteiger partial charge >= 0.3 is 13.8 Å². The fourth-order valence-electron chi connectivity index (χ4n) is 8.49. The molecule has 0 aromatic rings. The molecular formula is C66H118N2O7P+. The van der Waals surface area contributed by atoms with Gasteiger partial charge in [-0.15, -0.1) is 0 Å². The lowest BCUT2D eigenvalue weighted by atomic mass is 10.0. The van der Waals surface area contributed by atoms with Crippen molar-refractivity contribution in [3.63, 3.8) is 0 Å². The number of carbonyl (C=O) groups excluding carboxylic acids is 2. The van der Waals surface area contributed by atoms with E-state index < -0.39 is 20.0 Å². The van der Waals surface area contributed by atoms with Crippen molar-refractivity contribution in [3.05, 3.63) is 97.2 Å². The van der Waals surface area contributed by atoms with E-state index in [-0.39, 0.29) is 31.5 Å². The molecule has 10 heteroatoms. The van der Waals surface area contributed by atoms with Gasteiger partial charge in [0.25, 0.3) is 0 Å². The number of likely N-dealkylation sites (N-methyl/N-ethyl adjacent to an activating group) is 1. The predicted molar refractivity (Wildman–Crippen MR) is 327 cm³/mol. The summed E-state index contributed by atoms with van der Waals surface area (Å²) in [6.07, 6.45) is 74.0. The lowest BCUT2D eigenvalue weighted by Gasteiger charge is -2.27. The number of hydrogen-bond donors (Lipinski definition) is 2. The minimum atomic E-state index is -4.47. The molecule has 0 aliphatic heterocycles. The Morgan fingerprint density at radius 2 is 0.882 bits per heavy atom. The topological polar surface area (TPSA) is 111 Å². The number of nitrogens with zero attached hydrogens (tertiary/aromatic N) is 1. The van der Waals surface area contributed by atoms with Gasteiger partial charge in [-0.3, -0.25) is 18.6 Å². The van der Waals surface area contributed by atoms with Gasteiger partial charge in [-0.25, -0.2) is 4.57 Å². The summed E-state index contributed by atoms with van der Waals surface area (Å²) in [5.74, 6) is -0.560. The third kappa shape index (κ3) is 55.7. The average molecular weight is 1080 g/mol. The maximum atomic E-state index is 13.5. The molecule has 0 aromatic heterocycles. The van der Waals surface area contributed by atoms with Crippen molar-refractivity contribution in [1.29, 1.82) is 0 Å². The molecule has 0 rings (SSSR count). The minimum Gasteiger partial charge on any atom is -0.456 e. The number of ether oxygens (including phenoxy) is 1. The summed E-state index contributed by atoms with van der Waals surface area (Å²) in [5, 5.41) is 3.03. The number of rotatable bonds is 55. The molecule has 0 saturated heterocycles. The molecule has 0 saturated carbocycles. The van der Waals surface area contributed by atoms with Crippen molar-refractivity contribution in [2.24, 2.45) is 0 Å². The van der Waals surface area contributed by atoms with Gasteiger partial charge in [0.2, 0.25) is 5.91 Å². The highest BCUT2D eigenvalue weighted by Crippen LogP contribution is 2.43. The second-order valence-electron chi connectivity index (χ2n) is 21.9. The van der Waals surface area contributed by atoms with Crippen molar-refractivity contribution in [3.8, 4) is 0 Å². The van der Waals surface area contributed by atoms with Crippen LogP contribution in [0, 0.1) is 0 Å². The highest BCUT2D eigenvalue weighted by molar-refractivity contribution is 7.47. The first-order valence-electron chi connectivity index (χ1n) is 31.1. The summed E-state index contributed by atoms with van der Waals surface area (Å²) in [5.41, 5.74) is 0. The maximum Gasteiger partial charge on any atom is 0.472 e. The number of quaternary nitrogens is 1. The largest absolute Gasteiger partial charge is 0.472 e. The Bertz CT molecular complexity index is 1620. The first-order chi connectivity index (χ1) is 36.9. The first-order valence-corrected chi connectivity index (χ1v) is 32.6. The molecule has 76 heavy (non-hydrogen) atoms. The number of allylic oxidation sites excluding steroid dienone is 15. The van der Waals surface area contributed by atoms with Gasteiger partial charge in [-0.05, 0) is 102 Å². The summed E-state index contributed by atoms with van der Waals surface area (Å²) in [6.45, 7) is 6.86. The Hall–Kier alpha value is -3.07. The fraction of sp³-hybridized carbons (Fsp3) is 0.727. The number of esters is 1. The highest BCUT2D eigenvalue weighted by atomic mass is 31.2. The molecular weight excluding hydrogens is 964 g/mol. The van der Waals surface area contributed by atoms with E-state index in [1.54, 1.807) is 0 Å². The fourth-order valence-corrected chi connectivity index (χ4v) is 9.22. The highest BCUT2D eigenvalue weighted by Gasteiger charge is 2.30. The van der Waals surface area contributed by atoms with E-state index in [1.165, 1.54) is 103 Å². The molecule has 0 aliphatic carbocycles. The number of phosphoric acid groups is 1. The summed E-state index contributed by atoms with van der Waals surface area (Å²) in [6, 6.07) is -0.876. The minimum absolute atomic E-state index is 0.0275. The number of carbonyl (C=O) groups is 2. The zero-order valence-corrected chi connectivity index (χ0v) is 50.9. The molecule has 1 amide bonds. The van der Waals surface area contributed by atoms with E-state index in [2.05, 4.69) is 111 Å². The SMILES string of the molecule is CC/C=C\C/C=C\C/C=C\C/C=C\C/C=C\CCCCCCCC(=O)OC(/C=C/CCCCCCCCCCCCC)C(COP(=O)(O)OCC[N+](C)(C)C)NC(=O)CCCCC/C=C/C=C/CCCCCCCCC. The number of amides is 1. The van der Waals surface area contributed by atoms with Gasteiger partial charge < -0.3 is 19.4 Å². The molecule has 0 radical (unpaired) electrons. The third-order valence-electron chi connectivity index (χ3n) is 13.3. The van der Waals surface area contributed by atoms with Crippen LogP contribution < -0.4 is 5.32 Å². The quantitative estimate of drug-likeness (QED) is 0.0156. The molecule has 0 aromatic carbocycles. The molecule has 0 spiro atoms. The lowest BCUT2D eigenvalue weighted by Crippen LogP contribution is -2.47. The van der Waals surface area contributed by atoms with Crippen LogP contribution in [0.25, 0.3) is 0 Å². The van der Waals surface area contributed by atoms with E-state index in [1.807, 2.05) is 33.3 Å². The van der Waals surface area contributed by atoms with Gasteiger partial charge in [-0.1, -0.05) is 240 Å². The van der Waals surface area contributed by atoms with Crippen molar-refractivity contribution >= 4 is 19.7 Å². The Morgan fingerprint density at radius 3 is 1.36 bits per heavy atom. The van der Waals surface area contributed by atoms with Gasteiger partial charge in [0, 0.05) is 12.8 Å². The van der Waals surface area contributed by atoms with E-state index in [4.69, 9.17) is 13.8 Å². The summed E-state index contributed by atoms with van der Waals surface area (Å²) in [4.78, 5) is 37.7. The number of nitrogens with one attached hydrogen (secondary N) is 1. The maximum absolute atomic E-state index is 13.5. The van der Waals surface area contributed by atoms with Crippen LogP contribution in [0.15, 0.2) is 97.2 Å². The van der Waals surface area contributed by atoms with E-state index in [9.17, 15) is 19.0 Å². The average Bonchev–Trinajstić information content (AvgIpc) is 3.38. The monoisotopic (exact) mass is 1080 g/mol. The van der Waals surface area contributed by atoms with Gasteiger partial charge in [0.1, 0.15) is 19.3 Å². The van der Waals surface area contributed by atoms with Crippen LogP contribution in [0.4, 0.5) is 0 Å². The Kier molecular flexibility index (Phi) is 53.0. The van der Waals surface area contributed by atoms with Crippen molar-refractivity contribution < 1.29 is 37.3 Å². The molecule has 3 atom stereocenters. The second-order valence-corrected chi connectivity index (χ2v) is 23.3. The molecule has 0 aliphatic rings. The van der Waals surface area contributed by atoms with Crippen molar-refractivity contribution in [1.82, 2.24) is 5.32 Å². The van der Waals surface area contributed by atoms with E-state index in [0.29, 0.717) is 30.3 Å². The Morgan fingerprint density at radius 1 is 0.487 bits per heavy atom. The van der Waals surface area contributed by atoms with Gasteiger partial charge in [0.05, 0.1) is 33.8 Å². The molecule has 0 fully saturated rings. The van der Waals surface area contributed by atoms with E-state index in [0.717, 1.165) is 109 Å². The standard InChI is InChI=1S/C66H117N2O7P/c1-7-10-13-16-19-22-25-28-30-32-33-34-35-36-38-41-44-47-50-53-56-59-66(70)75-64(57-54-51-48-45-42-39-27-24-21-18-15-12-9-3)63(62-74-76(71,72)73-61-60-68(4,5)6)67-65(69)58-55-52-49-46-43-40-37-31-29-26-23-20-17-14-11-8-2/h10,13,19,22,28,30-31,33-34,36-38,40,43,54,57,63-64H,7-9,11-12,14-18,20-21,23-27,29,32,35,39,41-42,44-53,55-56,58-62H2,1-6H3,(H-,67,69,71,72)/p+1/b13-10-,22-19-,30-28-,34-33-,37-31+,38-36-,43-40+,57-54+. The van der Waals surface area contributed by atoms with E-state index >= 15 is 0 Å². The second kappa shape index (κ2) is 55.3. The molecule has 0 bridgehead atoms. The third-order valence-corrected chi connectivity index (χ3v) is 14.3. The number of phosphoric ester groups is 1. The summed E-state index contributed by atoms with van der Waals surface area (Å²) < 4.78 is 30.7. The van der Waals surface area contributed by atoms with Crippen LogP contribution in [-0.4, -0.2) is 74.3 Å². The Labute approximate surface area is 468 Å². The van der Waals surface area contributed by atoms with Crippen LogP contribution in [-0.2, 0) is 27.9 Å². The predicted octanol–water partition coefficient (Wildman–Crippen LogP) is 19.2. The molecule has 438 valence electrons. The zero-order chi connectivity index (χ0) is 55.7. The first kappa shape index (κ1) is 72.9. The molecule has 3 unspecified atom stereocenters. The van der Waals surface area contributed by atoms with Crippen LogP contribution in [0.1, 0.15) is 258 Å². The molecule has 2 N–H and O–H groups in total. The number of unbranched alkanes of at least 4 members (excludes halogenated alkanes) is 26. The lowest BCUT2D eigenvalue weighted by molar-refractivity contribution is -0.870. The van der Waals surface area contributed by atoms with Gasteiger partial charge in [-0.2, -0.15) is 0 Å². The van der Waals surface area contributed by atoms with Crippen molar-refractivity contribution in [2.75, 3.05) is 40.9 Å². The summed E-state index contributed by atoms with van der Waals surface area (Å²) in [7, 11) is 1.46. The van der Waals surface area contributed by atoms with Crippen LogP contribution >= 0.6 is 7.82 Å². The molecule has 9 nitrogen and oxygen atoms in total. The van der Waals surface area contributed by atoms with Crippen LogP contribution in [0.3, 0.4) is 0 Å². The number of hydrogen-bond acceptors (Lipinski definition) is 6. The Balaban J connectivity index is 5.37. The van der Waals surface area contributed by atoms with Crippen LogP contribution in [0.5, 0.6) is 0 Å². The smallest absolute Gasteiger partial charge is 0.456 e. The van der Waals surface area contributed by atoms with Gasteiger partial charge in [0.15, 0.2) is 0 Å².